The molecule has 0 amide bonds. The number of hydrogen-bond donors (Lipinski definition) is 1. The van der Waals surface area contributed by atoms with Crippen molar-refractivity contribution < 1.29 is 0 Å². The lowest BCUT2D eigenvalue weighted by Crippen LogP contribution is -2.41. The van der Waals surface area contributed by atoms with Crippen LogP contribution in [-0.2, 0) is 0 Å². The summed E-state index contributed by atoms with van der Waals surface area (Å²) in [5.41, 5.74) is 0. The smallest absolute Gasteiger partial charge is 0.0101 e. The molecule has 2 bridgehead atoms. The molecule has 0 heterocycles. The van der Waals surface area contributed by atoms with Crippen LogP contribution < -0.4 is 5.32 Å². The number of nitrogens with one attached hydrogen (secondary N) is 1. The summed E-state index contributed by atoms with van der Waals surface area (Å²) in [4.78, 5) is 0. The van der Waals surface area contributed by atoms with E-state index in [1.54, 1.807) is 0 Å². The molecule has 1 N–H and O–H groups in total. The van der Waals surface area contributed by atoms with Gasteiger partial charge in [-0.3, -0.25) is 0 Å². The number of rotatable bonds is 10. The molecule has 112 valence electrons. The number of unbranched alkanes of at least 4 members (excludes halogenated alkanes) is 4. The van der Waals surface area contributed by atoms with Gasteiger partial charge >= 0.3 is 0 Å². The lowest BCUT2D eigenvalue weighted by Gasteiger charge is -2.29. The van der Waals surface area contributed by atoms with Crippen LogP contribution in [0.3, 0.4) is 0 Å². The lowest BCUT2D eigenvalue weighted by molar-refractivity contribution is 0.294. The van der Waals surface area contributed by atoms with E-state index in [1.807, 2.05) is 0 Å². The van der Waals surface area contributed by atoms with E-state index >= 15 is 0 Å². The van der Waals surface area contributed by atoms with Crippen molar-refractivity contribution in [2.24, 2.45) is 11.8 Å². The van der Waals surface area contributed by atoms with Gasteiger partial charge in [-0.25, -0.2) is 0 Å². The van der Waals surface area contributed by atoms with Crippen LogP contribution >= 0.6 is 0 Å². The highest BCUT2D eigenvalue weighted by molar-refractivity contribution is 4.95. The van der Waals surface area contributed by atoms with Gasteiger partial charge in [-0.05, 0) is 43.9 Å². The summed E-state index contributed by atoms with van der Waals surface area (Å²) in [6, 6.07) is 1.70. The quantitative estimate of drug-likeness (QED) is 0.529. The van der Waals surface area contributed by atoms with Crippen molar-refractivity contribution >= 4 is 0 Å². The predicted molar refractivity (Wildman–Crippen MR) is 84.4 cm³/mol. The fraction of sp³-hybridized carbons (Fsp3) is 1.00. The molecule has 2 fully saturated rings. The SMILES string of the molecule is CCCCCC(CCCCC)NC1CC2CCC1C2. The van der Waals surface area contributed by atoms with Crippen LogP contribution in [0.2, 0.25) is 0 Å². The second-order valence-corrected chi connectivity index (χ2v) is 7.14. The second-order valence-electron chi connectivity index (χ2n) is 7.14. The fourth-order valence-electron chi connectivity index (χ4n) is 4.34. The van der Waals surface area contributed by atoms with Crippen molar-refractivity contribution in [2.45, 2.75) is 103 Å². The Kier molecular flexibility index (Phi) is 6.70. The predicted octanol–water partition coefficient (Wildman–Crippen LogP) is 5.29. The molecule has 0 saturated heterocycles. The van der Waals surface area contributed by atoms with Crippen LogP contribution in [0, 0.1) is 11.8 Å². The zero-order valence-corrected chi connectivity index (χ0v) is 13.3. The van der Waals surface area contributed by atoms with Gasteiger partial charge < -0.3 is 5.32 Å². The molecule has 0 aliphatic heterocycles. The van der Waals surface area contributed by atoms with Gasteiger partial charge in [0.1, 0.15) is 0 Å². The van der Waals surface area contributed by atoms with Crippen LogP contribution in [0.15, 0.2) is 0 Å². The van der Waals surface area contributed by atoms with Crippen molar-refractivity contribution in [1.29, 1.82) is 0 Å². The highest BCUT2D eigenvalue weighted by Gasteiger charge is 2.39. The molecule has 2 saturated carbocycles. The molecule has 2 rings (SSSR count). The van der Waals surface area contributed by atoms with Crippen molar-refractivity contribution in [3.8, 4) is 0 Å². The topological polar surface area (TPSA) is 12.0 Å². The Labute approximate surface area is 120 Å². The maximum atomic E-state index is 4.07. The van der Waals surface area contributed by atoms with E-state index in [0.29, 0.717) is 0 Å². The van der Waals surface area contributed by atoms with E-state index in [9.17, 15) is 0 Å². The van der Waals surface area contributed by atoms with Gasteiger partial charge in [-0.1, -0.05) is 58.8 Å². The van der Waals surface area contributed by atoms with Crippen LogP contribution in [0.4, 0.5) is 0 Å². The molecule has 2 aliphatic carbocycles. The summed E-state index contributed by atoms with van der Waals surface area (Å²) in [5.74, 6) is 2.11. The standard InChI is InChI=1S/C18H35N/c1-3-5-7-9-17(10-8-6-4-2)19-18-14-15-11-12-16(18)13-15/h15-19H,3-14H2,1-2H3. The van der Waals surface area contributed by atoms with Gasteiger partial charge in [0, 0.05) is 12.1 Å². The highest BCUT2D eigenvalue weighted by atomic mass is 15.0. The average Bonchev–Trinajstić information content (AvgIpc) is 3.01. The normalized spacial score (nSPS) is 29.5. The number of hydrogen-bond acceptors (Lipinski definition) is 1. The minimum atomic E-state index is 0.822. The zero-order valence-electron chi connectivity index (χ0n) is 13.3. The third kappa shape index (κ3) is 4.77. The van der Waals surface area contributed by atoms with Gasteiger partial charge in [0.05, 0.1) is 0 Å². The molecule has 19 heavy (non-hydrogen) atoms. The van der Waals surface area contributed by atoms with Crippen LogP contribution in [0.5, 0.6) is 0 Å². The van der Waals surface area contributed by atoms with Crippen LogP contribution in [0.1, 0.15) is 90.9 Å². The average molecular weight is 265 g/mol. The van der Waals surface area contributed by atoms with Crippen molar-refractivity contribution in [3.63, 3.8) is 0 Å². The van der Waals surface area contributed by atoms with Crippen LogP contribution in [0.25, 0.3) is 0 Å². The molecule has 1 heteroatoms. The molecule has 0 aromatic heterocycles. The fourth-order valence-corrected chi connectivity index (χ4v) is 4.34. The highest BCUT2D eigenvalue weighted by Crippen LogP contribution is 2.44. The van der Waals surface area contributed by atoms with E-state index in [4.69, 9.17) is 0 Å². The lowest BCUT2D eigenvalue weighted by atomic mass is 9.93. The Morgan fingerprint density at radius 1 is 0.895 bits per heavy atom. The third-order valence-corrected chi connectivity index (χ3v) is 5.50. The van der Waals surface area contributed by atoms with E-state index in [-0.39, 0.29) is 0 Å². The molecule has 3 unspecified atom stereocenters. The van der Waals surface area contributed by atoms with Crippen molar-refractivity contribution in [1.82, 2.24) is 5.32 Å². The van der Waals surface area contributed by atoms with Crippen LogP contribution in [-0.4, -0.2) is 12.1 Å². The minimum absolute atomic E-state index is 0.822. The minimum Gasteiger partial charge on any atom is -0.311 e. The Morgan fingerprint density at radius 2 is 1.58 bits per heavy atom. The Balaban J connectivity index is 1.72. The summed E-state index contributed by atoms with van der Waals surface area (Å²) in [6.45, 7) is 4.63. The second kappa shape index (κ2) is 8.29. The van der Waals surface area contributed by atoms with Gasteiger partial charge in [-0.15, -0.1) is 0 Å². The first-order chi connectivity index (χ1) is 9.33. The van der Waals surface area contributed by atoms with E-state index in [0.717, 1.165) is 23.9 Å². The largest absolute Gasteiger partial charge is 0.311 e. The third-order valence-electron chi connectivity index (χ3n) is 5.50. The van der Waals surface area contributed by atoms with Gasteiger partial charge in [0.25, 0.3) is 0 Å². The zero-order chi connectivity index (χ0) is 13.5. The summed E-state index contributed by atoms with van der Waals surface area (Å²) in [5, 5.41) is 4.07. The van der Waals surface area contributed by atoms with Gasteiger partial charge in [-0.2, -0.15) is 0 Å². The molecule has 0 radical (unpaired) electrons. The Morgan fingerprint density at radius 3 is 2.05 bits per heavy atom. The molecule has 0 aromatic carbocycles. The Bertz CT molecular complexity index is 228. The van der Waals surface area contributed by atoms with Crippen molar-refractivity contribution in [2.75, 3.05) is 0 Å². The summed E-state index contributed by atoms with van der Waals surface area (Å²) >= 11 is 0. The molecule has 2 aliphatic rings. The van der Waals surface area contributed by atoms with E-state index in [2.05, 4.69) is 19.2 Å². The maximum Gasteiger partial charge on any atom is 0.0101 e. The maximum absolute atomic E-state index is 4.07. The molecule has 1 nitrogen and oxygen atoms in total. The summed E-state index contributed by atoms with van der Waals surface area (Å²) in [7, 11) is 0. The molecular formula is C18H35N. The van der Waals surface area contributed by atoms with Crippen molar-refractivity contribution in [3.05, 3.63) is 0 Å². The number of fused-ring (bicyclic) bond motifs is 2. The molecular weight excluding hydrogens is 230 g/mol. The summed E-state index contributed by atoms with van der Waals surface area (Å²) in [6.07, 6.45) is 17.3. The first-order valence-electron chi connectivity index (χ1n) is 9.09. The van der Waals surface area contributed by atoms with Gasteiger partial charge in [0.2, 0.25) is 0 Å². The Hall–Kier alpha value is -0.0400. The van der Waals surface area contributed by atoms with E-state index in [1.165, 1.54) is 77.0 Å². The molecule has 3 atom stereocenters. The first-order valence-corrected chi connectivity index (χ1v) is 9.09. The first kappa shape index (κ1) is 15.4. The molecule has 0 aromatic rings. The van der Waals surface area contributed by atoms with Gasteiger partial charge in [0.15, 0.2) is 0 Å². The van der Waals surface area contributed by atoms with E-state index < -0.39 is 0 Å². The molecule has 0 spiro atoms. The monoisotopic (exact) mass is 265 g/mol. The summed E-state index contributed by atoms with van der Waals surface area (Å²) < 4.78 is 0.